The average Bonchev–Trinajstić information content (AvgIpc) is 2.91. The zero-order chi connectivity index (χ0) is 27.2. The van der Waals surface area contributed by atoms with Crippen molar-refractivity contribution in [1.82, 2.24) is 0 Å². The molecule has 1 heterocycles. The SMILES string of the molecule is C[C@@H]1O[C@@H](O[C@@H]2CCCC[C@H]2Oc2cc(CO)cc(O[C@@H](Cc3ccccc3)C(=O)[O-])c2)[C@@H](O)[C@H](O)[C@@H]1O.[Na+]. The third-order valence-electron chi connectivity index (χ3n) is 6.97. The number of aliphatic hydroxyl groups is 4. The minimum Gasteiger partial charge on any atom is -0.546 e. The molecule has 2 aliphatic rings. The van der Waals surface area contributed by atoms with E-state index < -0.39 is 55.0 Å². The molecule has 0 aromatic heterocycles. The van der Waals surface area contributed by atoms with E-state index in [1.165, 1.54) is 0 Å². The Kier molecular flexibility index (Phi) is 12.0. The molecule has 1 saturated carbocycles. The first-order valence-electron chi connectivity index (χ1n) is 12.9. The second kappa shape index (κ2) is 14.8. The van der Waals surface area contributed by atoms with E-state index in [-0.39, 0.29) is 48.3 Å². The fraction of sp³-hybridized carbons (Fsp3) is 0.536. The Bertz CT molecular complexity index is 1050. The molecule has 1 aliphatic heterocycles. The van der Waals surface area contributed by atoms with Gasteiger partial charge in [-0.1, -0.05) is 36.8 Å². The Balaban J connectivity index is 0.00000420. The van der Waals surface area contributed by atoms with E-state index in [9.17, 15) is 30.3 Å². The minimum atomic E-state index is -1.42. The van der Waals surface area contributed by atoms with Crippen molar-refractivity contribution in [2.75, 3.05) is 0 Å². The molecule has 0 amide bonds. The van der Waals surface area contributed by atoms with Gasteiger partial charge in [0.05, 0.1) is 24.8 Å². The van der Waals surface area contributed by atoms with Crippen LogP contribution in [-0.2, 0) is 27.3 Å². The van der Waals surface area contributed by atoms with Gasteiger partial charge in [0.2, 0.25) is 0 Å². The van der Waals surface area contributed by atoms with Crippen LogP contribution in [-0.4, -0.2) is 75.4 Å². The van der Waals surface area contributed by atoms with Gasteiger partial charge >= 0.3 is 29.6 Å². The summed E-state index contributed by atoms with van der Waals surface area (Å²) in [5.74, 6) is -0.793. The maximum atomic E-state index is 11.8. The predicted octanol–water partition coefficient (Wildman–Crippen LogP) is -2.54. The number of hydrogen-bond acceptors (Lipinski definition) is 10. The molecule has 0 unspecified atom stereocenters. The van der Waals surface area contributed by atoms with Gasteiger partial charge in [-0.2, -0.15) is 0 Å². The molecule has 1 saturated heterocycles. The van der Waals surface area contributed by atoms with Crippen molar-refractivity contribution < 1.29 is 78.8 Å². The maximum absolute atomic E-state index is 11.8. The van der Waals surface area contributed by atoms with Gasteiger partial charge in [-0.05, 0) is 49.4 Å². The third-order valence-corrected chi connectivity index (χ3v) is 6.97. The number of benzene rings is 2. The Morgan fingerprint density at radius 3 is 2.31 bits per heavy atom. The van der Waals surface area contributed by atoms with Crippen LogP contribution in [0.3, 0.4) is 0 Å². The molecule has 2 aromatic carbocycles. The number of ether oxygens (including phenoxy) is 4. The number of carbonyl (C=O) groups excluding carboxylic acids is 1. The number of carboxylic acid groups (broad SMARTS) is 1. The second-order valence-electron chi connectivity index (χ2n) is 9.88. The minimum absolute atomic E-state index is 0. The van der Waals surface area contributed by atoms with Crippen molar-refractivity contribution in [1.29, 1.82) is 0 Å². The van der Waals surface area contributed by atoms with Crippen LogP contribution in [0.5, 0.6) is 11.5 Å². The first-order valence-corrected chi connectivity index (χ1v) is 12.9. The van der Waals surface area contributed by atoms with E-state index in [4.69, 9.17) is 18.9 Å². The summed E-state index contributed by atoms with van der Waals surface area (Å²) in [6.45, 7) is 1.28. The first-order chi connectivity index (χ1) is 18.2. The molecule has 1 aliphatic carbocycles. The van der Waals surface area contributed by atoms with E-state index >= 15 is 0 Å². The summed E-state index contributed by atoms with van der Waals surface area (Å²) >= 11 is 0. The Morgan fingerprint density at radius 1 is 0.974 bits per heavy atom. The Morgan fingerprint density at radius 2 is 1.64 bits per heavy atom. The molecule has 4 N–H and O–H groups in total. The summed E-state index contributed by atoms with van der Waals surface area (Å²) in [5.41, 5.74) is 1.25. The van der Waals surface area contributed by atoms with Gasteiger partial charge in [-0.3, -0.25) is 0 Å². The zero-order valence-corrected chi connectivity index (χ0v) is 24.2. The quantitative estimate of drug-likeness (QED) is 0.231. The number of rotatable bonds is 10. The van der Waals surface area contributed by atoms with Crippen LogP contribution in [0, 0.1) is 0 Å². The average molecular weight is 555 g/mol. The van der Waals surface area contributed by atoms with E-state index in [0.717, 1.165) is 18.4 Å². The van der Waals surface area contributed by atoms with Gasteiger partial charge < -0.3 is 49.3 Å². The van der Waals surface area contributed by atoms with Gasteiger partial charge in [0.1, 0.15) is 42.0 Å². The largest absolute Gasteiger partial charge is 1.00 e. The third kappa shape index (κ3) is 8.39. The molecule has 2 fully saturated rings. The Hall–Kier alpha value is -1.73. The second-order valence-corrected chi connectivity index (χ2v) is 9.88. The van der Waals surface area contributed by atoms with Crippen LogP contribution in [0.25, 0.3) is 0 Å². The van der Waals surface area contributed by atoms with E-state index in [1.54, 1.807) is 37.3 Å². The molecular formula is C28H35NaO10. The number of hydrogen-bond donors (Lipinski definition) is 4. The van der Waals surface area contributed by atoms with Gasteiger partial charge in [0.25, 0.3) is 0 Å². The van der Waals surface area contributed by atoms with Crippen LogP contribution in [0.15, 0.2) is 48.5 Å². The van der Waals surface area contributed by atoms with Crippen molar-refractivity contribution >= 4 is 5.97 Å². The maximum Gasteiger partial charge on any atom is 1.00 e. The van der Waals surface area contributed by atoms with Crippen LogP contribution < -0.4 is 44.1 Å². The Labute approximate surface area is 249 Å². The smallest absolute Gasteiger partial charge is 0.546 e. The summed E-state index contributed by atoms with van der Waals surface area (Å²) in [6, 6.07) is 13.8. The summed E-state index contributed by atoms with van der Waals surface area (Å²) in [7, 11) is 0. The van der Waals surface area contributed by atoms with Crippen LogP contribution in [0.2, 0.25) is 0 Å². The van der Waals surface area contributed by atoms with Crippen molar-refractivity contribution in [2.24, 2.45) is 0 Å². The number of carbonyl (C=O) groups is 1. The first kappa shape index (κ1) is 31.8. The zero-order valence-electron chi connectivity index (χ0n) is 22.2. The molecule has 39 heavy (non-hydrogen) atoms. The molecule has 0 spiro atoms. The summed E-state index contributed by atoms with van der Waals surface area (Å²) in [5, 5.41) is 52.0. The molecule has 4 rings (SSSR count). The molecular weight excluding hydrogens is 519 g/mol. The molecule has 10 nitrogen and oxygen atoms in total. The van der Waals surface area contributed by atoms with Crippen molar-refractivity contribution in [3.05, 3.63) is 59.7 Å². The van der Waals surface area contributed by atoms with Gasteiger partial charge in [0.15, 0.2) is 6.29 Å². The normalized spacial score (nSPS) is 29.6. The fourth-order valence-corrected chi connectivity index (χ4v) is 4.85. The van der Waals surface area contributed by atoms with E-state index in [1.807, 2.05) is 18.2 Å². The standard InChI is InChI=1S/C28H36O10.Na/c1-16-24(30)25(31)26(32)28(35-16)38-22-10-6-5-9-21(22)36-19-11-18(15-29)12-20(14-19)37-23(27(33)34)13-17-7-3-2-4-8-17;/h2-4,7-8,11-12,14,16,21-26,28-32H,5-6,9-10,13,15H2,1H3,(H,33,34);/q;+1/p-1/t16-,21+,22+,23-,24+,25+,26-,28-;/m0./s1. The molecule has 2 aromatic rings. The predicted molar refractivity (Wildman–Crippen MR) is 132 cm³/mol. The number of carboxylic acids is 1. The molecule has 0 bridgehead atoms. The monoisotopic (exact) mass is 554 g/mol. The van der Waals surface area contributed by atoms with Crippen molar-refractivity contribution in [3.63, 3.8) is 0 Å². The topological polar surface area (TPSA) is 158 Å². The summed E-state index contributed by atoms with van der Waals surface area (Å²) < 4.78 is 23.6. The molecule has 0 radical (unpaired) electrons. The van der Waals surface area contributed by atoms with Crippen LogP contribution in [0.1, 0.15) is 43.7 Å². The van der Waals surface area contributed by atoms with E-state index in [2.05, 4.69) is 0 Å². The van der Waals surface area contributed by atoms with Gasteiger partial charge in [-0.25, -0.2) is 0 Å². The van der Waals surface area contributed by atoms with E-state index in [0.29, 0.717) is 24.2 Å². The molecule has 208 valence electrons. The fourth-order valence-electron chi connectivity index (χ4n) is 4.85. The number of aliphatic carboxylic acids is 1. The number of aliphatic hydroxyl groups excluding tert-OH is 4. The van der Waals surface area contributed by atoms with Crippen LogP contribution in [0.4, 0.5) is 0 Å². The van der Waals surface area contributed by atoms with Crippen molar-refractivity contribution in [2.45, 2.75) is 94.7 Å². The van der Waals surface area contributed by atoms with Crippen LogP contribution >= 0.6 is 0 Å². The summed E-state index contributed by atoms with van der Waals surface area (Å²) in [6.07, 6.45) is -4.98. The molecule has 8 atom stereocenters. The van der Waals surface area contributed by atoms with Crippen molar-refractivity contribution in [3.8, 4) is 11.5 Å². The summed E-state index contributed by atoms with van der Waals surface area (Å²) in [4.78, 5) is 11.8. The van der Waals surface area contributed by atoms with Gasteiger partial charge in [-0.15, -0.1) is 0 Å². The van der Waals surface area contributed by atoms with Gasteiger partial charge in [0, 0.05) is 12.5 Å². The molecule has 11 heteroatoms.